The lowest BCUT2D eigenvalue weighted by atomic mass is 10.1. The van der Waals surface area contributed by atoms with E-state index >= 15 is 0 Å². The third kappa shape index (κ3) is 5.03. The van der Waals surface area contributed by atoms with Crippen LogP contribution in [0.5, 0.6) is 0 Å². The zero-order valence-corrected chi connectivity index (χ0v) is 18.2. The van der Waals surface area contributed by atoms with Gasteiger partial charge in [-0.2, -0.15) is 5.10 Å². The van der Waals surface area contributed by atoms with Crippen LogP contribution in [0.2, 0.25) is 0 Å². The maximum absolute atomic E-state index is 5.89. The zero-order chi connectivity index (χ0) is 21.8. The van der Waals surface area contributed by atoms with Gasteiger partial charge in [-0.25, -0.2) is 4.98 Å². The summed E-state index contributed by atoms with van der Waals surface area (Å²) in [5.41, 5.74) is 10.3. The van der Waals surface area contributed by atoms with Crippen molar-refractivity contribution in [2.75, 3.05) is 25.5 Å². The molecule has 8 nitrogen and oxygen atoms in total. The second-order valence-electron chi connectivity index (χ2n) is 8.22. The van der Waals surface area contributed by atoms with Crippen molar-refractivity contribution < 1.29 is 0 Å². The summed E-state index contributed by atoms with van der Waals surface area (Å²) in [7, 11) is 2.12. The smallest absolute Gasteiger partial charge is 0.154 e. The number of fused-ring (bicyclic) bond motifs is 1. The molecule has 0 saturated carbocycles. The SMILES string of the molecule is CC(C)c1cnnc(Nc2ccc3ncc(C(C=N[C@@H]4CCN(C)C4)=CN)cc3n2)c1. The zero-order valence-electron chi connectivity index (χ0n) is 18.2. The fraction of sp³-hybridized carbons (Fsp3) is 0.348. The molecule has 1 fully saturated rings. The Morgan fingerprint density at radius 2 is 2.10 bits per heavy atom. The third-order valence-electron chi connectivity index (χ3n) is 5.44. The Kier molecular flexibility index (Phi) is 6.18. The highest BCUT2D eigenvalue weighted by atomic mass is 15.2. The van der Waals surface area contributed by atoms with E-state index in [1.54, 1.807) is 18.6 Å². The van der Waals surface area contributed by atoms with Crippen molar-refractivity contribution in [1.29, 1.82) is 0 Å². The van der Waals surface area contributed by atoms with E-state index in [0.717, 1.165) is 47.2 Å². The predicted octanol–water partition coefficient (Wildman–Crippen LogP) is 3.36. The van der Waals surface area contributed by atoms with Crippen LogP contribution in [-0.2, 0) is 0 Å². The molecule has 1 saturated heterocycles. The molecule has 31 heavy (non-hydrogen) atoms. The minimum Gasteiger partial charge on any atom is -0.404 e. The standard InChI is InChI=1S/C23H28N8/c1-15(2)16-9-23(30-27-13-16)29-22-5-4-20-21(28-22)8-17(11-26-20)18(10-24)12-25-19-6-7-31(3)14-19/h4-5,8-13,15,19H,6-7,14,24H2,1-3H3,(H,28,29,30)/t19-/m1/s1. The highest BCUT2D eigenvalue weighted by Crippen LogP contribution is 2.22. The minimum absolute atomic E-state index is 0.310. The first-order chi connectivity index (χ1) is 15.0. The van der Waals surface area contributed by atoms with E-state index < -0.39 is 0 Å². The van der Waals surface area contributed by atoms with E-state index in [9.17, 15) is 0 Å². The molecular formula is C23H28N8. The Morgan fingerprint density at radius 3 is 2.84 bits per heavy atom. The molecule has 0 aliphatic carbocycles. The number of allylic oxidation sites excluding steroid dienone is 1. The predicted molar refractivity (Wildman–Crippen MR) is 126 cm³/mol. The van der Waals surface area contributed by atoms with Crippen LogP contribution in [0.3, 0.4) is 0 Å². The Bertz CT molecular complexity index is 1120. The average Bonchev–Trinajstić information content (AvgIpc) is 3.19. The van der Waals surface area contributed by atoms with Crippen LogP contribution < -0.4 is 11.1 Å². The third-order valence-corrected chi connectivity index (χ3v) is 5.44. The molecule has 4 heterocycles. The monoisotopic (exact) mass is 416 g/mol. The number of pyridine rings is 2. The summed E-state index contributed by atoms with van der Waals surface area (Å²) in [4.78, 5) is 16.2. The lowest BCUT2D eigenvalue weighted by Gasteiger charge is -2.09. The number of aromatic nitrogens is 4. The number of nitrogens with zero attached hydrogens (tertiary/aromatic N) is 6. The molecule has 3 aromatic rings. The Labute approximate surface area is 182 Å². The molecule has 1 atom stereocenters. The molecule has 0 radical (unpaired) electrons. The molecule has 0 spiro atoms. The normalized spacial score (nSPS) is 17.8. The second-order valence-corrected chi connectivity index (χ2v) is 8.22. The summed E-state index contributed by atoms with van der Waals surface area (Å²) in [5, 5.41) is 11.5. The lowest BCUT2D eigenvalue weighted by molar-refractivity contribution is 0.412. The van der Waals surface area contributed by atoms with E-state index in [2.05, 4.69) is 46.3 Å². The molecular weight excluding hydrogens is 388 g/mol. The quantitative estimate of drug-likeness (QED) is 0.594. The Hall–Kier alpha value is -3.39. The van der Waals surface area contributed by atoms with Crippen LogP contribution in [0, 0.1) is 0 Å². The molecule has 3 aromatic heterocycles. The molecule has 0 bridgehead atoms. The van der Waals surface area contributed by atoms with Crippen LogP contribution in [0.1, 0.15) is 37.3 Å². The highest BCUT2D eigenvalue weighted by Gasteiger charge is 2.17. The highest BCUT2D eigenvalue weighted by molar-refractivity contribution is 6.10. The van der Waals surface area contributed by atoms with Gasteiger partial charge in [0.15, 0.2) is 5.82 Å². The number of nitrogens with one attached hydrogen (secondary N) is 1. The summed E-state index contributed by atoms with van der Waals surface area (Å²) in [6.07, 6.45) is 8.08. The van der Waals surface area contributed by atoms with Crippen LogP contribution in [0.15, 0.2) is 47.9 Å². The first-order valence-electron chi connectivity index (χ1n) is 10.5. The number of likely N-dealkylation sites (tertiary alicyclic amines) is 1. The summed E-state index contributed by atoms with van der Waals surface area (Å²) in [6, 6.07) is 8.10. The van der Waals surface area contributed by atoms with Crippen LogP contribution in [0.4, 0.5) is 11.6 Å². The van der Waals surface area contributed by atoms with Gasteiger partial charge in [-0.15, -0.1) is 5.10 Å². The van der Waals surface area contributed by atoms with Crippen molar-refractivity contribution >= 4 is 34.5 Å². The molecule has 0 unspecified atom stereocenters. The first kappa shape index (κ1) is 20.9. The number of aliphatic imine (C=N–C) groups is 1. The van der Waals surface area contributed by atoms with Crippen molar-refractivity contribution in [2.45, 2.75) is 32.2 Å². The van der Waals surface area contributed by atoms with Gasteiger partial charge in [0.25, 0.3) is 0 Å². The number of nitrogens with two attached hydrogens (primary N) is 1. The van der Waals surface area contributed by atoms with E-state index in [-0.39, 0.29) is 0 Å². The average molecular weight is 417 g/mol. The summed E-state index contributed by atoms with van der Waals surface area (Å²) in [5.74, 6) is 1.72. The first-order valence-corrected chi connectivity index (χ1v) is 10.5. The molecule has 0 aromatic carbocycles. The van der Waals surface area contributed by atoms with Crippen molar-refractivity contribution in [1.82, 2.24) is 25.1 Å². The maximum atomic E-state index is 5.89. The minimum atomic E-state index is 0.310. The molecule has 1 aliphatic rings. The van der Waals surface area contributed by atoms with Gasteiger partial charge < -0.3 is 16.0 Å². The van der Waals surface area contributed by atoms with Crippen molar-refractivity contribution in [3.63, 3.8) is 0 Å². The number of likely N-dealkylation sites (N-methyl/N-ethyl adjacent to an activating group) is 1. The maximum Gasteiger partial charge on any atom is 0.154 e. The molecule has 4 rings (SSSR count). The van der Waals surface area contributed by atoms with Gasteiger partial charge in [-0.1, -0.05) is 13.8 Å². The summed E-state index contributed by atoms with van der Waals surface area (Å²) < 4.78 is 0. The van der Waals surface area contributed by atoms with Gasteiger partial charge in [0, 0.05) is 36.3 Å². The molecule has 1 aliphatic heterocycles. The summed E-state index contributed by atoms with van der Waals surface area (Å²) >= 11 is 0. The summed E-state index contributed by atoms with van der Waals surface area (Å²) in [6.45, 7) is 6.30. The molecule has 3 N–H and O–H groups in total. The number of hydrogen-bond donors (Lipinski definition) is 2. The Morgan fingerprint density at radius 1 is 1.23 bits per heavy atom. The molecule has 0 amide bonds. The van der Waals surface area contributed by atoms with E-state index in [1.807, 2.05) is 30.5 Å². The lowest BCUT2D eigenvalue weighted by Crippen LogP contribution is -2.15. The largest absolute Gasteiger partial charge is 0.404 e. The fourth-order valence-corrected chi connectivity index (χ4v) is 3.56. The van der Waals surface area contributed by atoms with Gasteiger partial charge in [-0.3, -0.25) is 9.98 Å². The topological polar surface area (TPSA) is 105 Å². The van der Waals surface area contributed by atoms with E-state index in [1.165, 1.54) is 0 Å². The van der Waals surface area contributed by atoms with Crippen LogP contribution >= 0.6 is 0 Å². The van der Waals surface area contributed by atoms with E-state index in [0.29, 0.717) is 23.6 Å². The van der Waals surface area contributed by atoms with Crippen molar-refractivity contribution in [3.8, 4) is 0 Å². The Balaban J connectivity index is 1.56. The van der Waals surface area contributed by atoms with E-state index in [4.69, 9.17) is 15.7 Å². The number of hydrogen-bond acceptors (Lipinski definition) is 8. The van der Waals surface area contributed by atoms with Gasteiger partial charge in [0.1, 0.15) is 5.82 Å². The number of rotatable bonds is 6. The van der Waals surface area contributed by atoms with Gasteiger partial charge in [-0.05, 0) is 55.8 Å². The molecule has 8 heteroatoms. The molecule has 160 valence electrons. The fourth-order valence-electron chi connectivity index (χ4n) is 3.56. The number of anilines is 2. The van der Waals surface area contributed by atoms with Gasteiger partial charge in [0.2, 0.25) is 0 Å². The van der Waals surface area contributed by atoms with Crippen LogP contribution in [0.25, 0.3) is 16.6 Å². The van der Waals surface area contributed by atoms with Crippen LogP contribution in [-0.4, -0.2) is 57.5 Å². The van der Waals surface area contributed by atoms with Crippen molar-refractivity contribution in [3.05, 3.63) is 54.0 Å². The van der Waals surface area contributed by atoms with Gasteiger partial charge in [0.05, 0.1) is 23.3 Å². The van der Waals surface area contributed by atoms with Gasteiger partial charge >= 0.3 is 0 Å². The van der Waals surface area contributed by atoms with Crippen molar-refractivity contribution in [2.24, 2.45) is 10.7 Å². The second kappa shape index (κ2) is 9.18.